The van der Waals surface area contributed by atoms with Crippen LogP contribution in [0.15, 0.2) is 48.5 Å². The number of aromatic nitrogens is 2. The van der Waals surface area contributed by atoms with E-state index >= 15 is 0 Å². The fourth-order valence-corrected chi connectivity index (χ4v) is 3.93. The van der Waals surface area contributed by atoms with E-state index in [0.29, 0.717) is 17.8 Å². The number of hydrogen-bond acceptors (Lipinski definition) is 7. The topological polar surface area (TPSA) is 134 Å². The third-order valence-electron chi connectivity index (χ3n) is 5.82. The summed E-state index contributed by atoms with van der Waals surface area (Å²) >= 11 is 0. The number of benzene rings is 2. The Hall–Kier alpha value is -3.36. The van der Waals surface area contributed by atoms with Crippen molar-refractivity contribution >= 4 is 11.7 Å². The summed E-state index contributed by atoms with van der Waals surface area (Å²) in [5.74, 6) is -0.0580. The predicted octanol–water partition coefficient (Wildman–Crippen LogP) is 3.70. The van der Waals surface area contributed by atoms with Crippen molar-refractivity contribution in [3.63, 3.8) is 0 Å². The number of phenols is 2. The van der Waals surface area contributed by atoms with Crippen LogP contribution in [0.25, 0.3) is 0 Å². The molecule has 1 atom stereocenters. The molecule has 6 N–H and O–H groups in total. The fourth-order valence-electron chi connectivity index (χ4n) is 3.93. The summed E-state index contributed by atoms with van der Waals surface area (Å²) in [4.78, 5) is 12.9. The summed E-state index contributed by atoms with van der Waals surface area (Å²) in [7, 11) is 0. The van der Waals surface area contributed by atoms with Crippen LogP contribution in [-0.4, -0.2) is 43.1 Å². The average Bonchev–Trinajstić information content (AvgIpc) is 3.13. The first-order valence-corrected chi connectivity index (χ1v) is 11.7. The molecule has 0 saturated carbocycles. The third kappa shape index (κ3) is 7.07. The fraction of sp³-hybridized carbons (Fsp3) is 0.407. The summed E-state index contributed by atoms with van der Waals surface area (Å²) in [6.07, 6.45) is -0.0594. The Labute approximate surface area is 206 Å². The minimum Gasteiger partial charge on any atom is -0.508 e. The van der Waals surface area contributed by atoms with Crippen molar-refractivity contribution in [2.75, 3.05) is 12.3 Å². The van der Waals surface area contributed by atoms with E-state index in [-0.39, 0.29) is 41.3 Å². The Balaban J connectivity index is 1.64. The number of nitrogens with two attached hydrogens (primary N) is 1. The molecule has 0 radical (unpaired) electrons. The number of aliphatic hydroxyl groups is 1. The SMILES string of the molecule is CC(C)(Cc1cccc(CC(=O)n2nc(C(C)(C)C)cc2N)c1)NCC(O)c1cc(O)cc(O)c1. The van der Waals surface area contributed by atoms with Gasteiger partial charge in [-0.15, -0.1) is 0 Å². The Kier molecular flexibility index (Phi) is 7.57. The van der Waals surface area contributed by atoms with Gasteiger partial charge in [0.2, 0.25) is 0 Å². The molecule has 0 saturated heterocycles. The van der Waals surface area contributed by atoms with Gasteiger partial charge in [-0.2, -0.15) is 9.78 Å². The lowest BCUT2D eigenvalue weighted by Crippen LogP contribution is -2.43. The number of carbonyl (C=O) groups excluding carboxylic acids is 1. The zero-order valence-corrected chi connectivity index (χ0v) is 21.0. The molecular formula is C27H36N4O4. The molecule has 0 bridgehead atoms. The highest BCUT2D eigenvalue weighted by Crippen LogP contribution is 2.26. The van der Waals surface area contributed by atoms with E-state index in [0.717, 1.165) is 16.8 Å². The molecule has 8 heteroatoms. The number of nitrogen functional groups attached to an aromatic ring is 1. The standard InChI is InChI=1S/C27H36N4O4/c1-26(2,3)23-14-24(28)31(30-23)25(35)10-17-7-6-8-18(9-17)15-27(4,5)29-16-22(34)19-11-20(32)13-21(33)12-19/h6-9,11-14,22,29,32-34H,10,15-16,28H2,1-5H3. The molecule has 1 aromatic heterocycles. The lowest BCUT2D eigenvalue weighted by molar-refractivity contribution is 0.0900. The molecular weight excluding hydrogens is 444 g/mol. The van der Waals surface area contributed by atoms with E-state index in [1.54, 1.807) is 6.07 Å². The van der Waals surface area contributed by atoms with Crippen LogP contribution < -0.4 is 11.1 Å². The lowest BCUT2D eigenvalue weighted by Gasteiger charge is -2.28. The number of aliphatic hydroxyl groups excluding tert-OH is 1. The van der Waals surface area contributed by atoms with Gasteiger partial charge >= 0.3 is 0 Å². The molecule has 0 spiro atoms. The van der Waals surface area contributed by atoms with Crippen molar-refractivity contribution in [1.82, 2.24) is 15.1 Å². The molecule has 35 heavy (non-hydrogen) atoms. The number of hydrogen-bond donors (Lipinski definition) is 5. The van der Waals surface area contributed by atoms with E-state index in [2.05, 4.69) is 10.4 Å². The molecule has 2 aromatic carbocycles. The molecule has 3 aromatic rings. The second-order valence-electron chi connectivity index (χ2n) is 10.7. The smallest absolute Gasteiger partial charge is 0.253 e. The molecule has 1 heterocycles. The summed E-state index contributed by atoms with van der Waals surface area (Å²) in [6, 6.07) is 13.6. The van der Waals surface area contributed by atoms with Crippen molar-refractivity contribution < 1.29 is 20.1 Å². The quantitative estimate of drug-likeness (QED) is 0.332. The zero-order chi connectivity index (χ0) is 26.0. The normalized spacial score (nSPS) is 13.1. The maximum atomic E-state index is 12.9. The van der Waals surface area contributed by atoms with Gasteiger partial charge in [-0.3, -0.25) is 4.79 Å². The van der Waals surface area contributed by atoms with Crippen molar-refractivity contribution in [3.05, 3.63) is 70.9 Å². The van der Waals surface area contributed by atoms with Gasteiger partial charge in [0, 0.05) is 29.6 Å². The number of rotatable bonds is 8. The molecule has 188 valence electrons. The maximum absolute atomic E-state index is 12.9. The second kappa shape index (κ2) is 10.1. The molecule has 0 aliphatic rings. The molecule has 3 rings (SSSR count). The number of nitrogens with one attached hydrogen (secondary N) is 1. The summed E-state index contributed by atoms with van der Waals surface area (Å²) in [5.41, 5.74) is 8.59. The predicted molar refractivity (Wildman–Crippen MR) is 137 cm³/mol. The third-order valence-corrected chi connectivity index (χ3v) is 5.82. The van der Waals surface area contributed by atoms with Crippen molar-refractivity contribution in [1.29, 1.82) is 0 Å². The minimum absolute atomic E-state index is 0.101. The lowest BCUT2D eigenvalue weighted by atomic mass is 9.92. The van der Waals surface area contributed by atoms with Gasteiger partial charge in [0.1, 0.15) is 17.3 Å². The molecule has 0 aliphatic heterocycles. The van der Waals surface area contributed by atoms with Crippen molar-refractivity contribution in [2.24, 2.45) is 0 Å². The Bertz CT molecular complexity index is 1170. The van der Waals surface area contributed by atoms with Crippen LogP contribution >= 0.6 is 0 Å². The molecule has 8 nitrogen and oxygen atoms in total. The number of phenolic OH excluding ortho intramolecular Hbond substituents is 2. The van der Waals surface area contributed by atoms with E-state index in [1.807, 2.05) is 58.9 Å². The van der Waals surface area contributed by atoms with Gasteiger partial charge in [-0.25, -0.2) is 0 Å². The maximum Gasteiger partial charge on any atom is 0.253 e. The average molecular weight is 481 g/mol. The van der Waals surface area contributed by atoms with Gasteiger partial charge in [0.25, 0.3) is 5.91 Å². The number of β-amino-alcohol motifs (C(OH)–C–C–N with tert-alkyl or cyclic N) is 1. The first kappa shape index (κ1) is 26.2. The Morgan fingerprint density at radius 3 is 2.26 bits per heavy atom. The van der Waals surface area contributed by atoms with E-state index < -0.39 is 6.10 Å². The summed E-state index contributed by atoms with van der Waals surface area (Å²) < 4.78 is 1.28. The summed E-state index contributed by atoms with van der Waals surface area (Å²) in [5, 5.41) is 37.5. The van der Waals surface area contributed by atoms with E-state index in [9.17, 15) is 20.1 Å². The number of carbonyl (C=O) groups is 1. The first-order valence-electron chi connectivity index (χ1n) is 11.7. The Morgan fingerprint density at radius 2 is 1.66 bits per heavy atom. The number of nitrogens with zero attached hydrogens (tertiary/aromatic N) is 2. The molecule has 0 fully saturated rings. The van der Waals surface area contributed by atoms with Crippen LogP contribution in [0.3, 0.4) is 0 Å². The highest BCUT2D eigenvalue weighted by Gasteiger charge is 2.23. The van der Waals surface area contributed by atoms with Gasteiger partial charge in [0.15, 0.2) is 0 Å². The van der Waals surface area contributed by atoms with Crippen LogP contribution in [-0.2, 0) is 18.3 Å². The van der Waals surface area contributed by atoms with Crippen LogP contribution in [0, 0.1) is 0 Å². The van der Waals surface area contributed by atoms with Crippen molar-refractivity contribution in [3.8, 4) is 11.5 Å². The van der Waals surface area contributed by atoms with Gasteiger partial charge in [0.05, 0.1) is 18.2 Å². The second-order valence-corrected chi connectivity index (χ2v) is 10.7. The van der Waals surface area contributed by atoms with Crippen LogP contribution in [0.1, 0.15) is 67.9 Å². The minimum atomic E-state index is -0.895. The van der Waals surface area contributed by atoms with E-state index in [1.165, 1.54) is 22.9 Å². The highest BCUT2D eigenvalue weighted by atomic mass is 16.3. The van der Waals surface area contributed by atoms with Crippen molar-refractivity contribution in [2.45, 2.75) is 64.5 Å². The zero-order valence-electron chi connectivity index (χ0n) is 21.0. The molecule has 0 aliphatic carbocycles. The van der Waals surface area contributed by atoms with Gasteiger partial charge in [-0.1, -0.05) is 45.0 Å². The van der Waals surface area contributed by atoms with Gasteiger partial charge < -0.3 is 26.4 Å². The van der Waals surface area contributed by atoms with Crippen LogP contribution in [0.5, 0.6) is 11.5 Å². The van der Waals surface area contributed by atoms with Crippen LogP contribution in [0.2, 0.25) is 0 Å². The van der Waals surface area contributed by atoms with Gasteiger partial charge in [-0.05, 0) is 49.1 Å². The number of aromatic hydroxyl groups is 2. The number of anilines is 1. The monoisotopic (exact) mass is 480 g/mol. The van der Waals surface area contributed by atoms with Crippen LogP contribution in [0.4, 0.5) is 5.82 Å². The summed E-state index contributed by atoms with van der Waals surface area (Å²) in [6.45, 7) is 10.4. The Morgan fingerprint density at radius 1 is 1.03 bits per heavy atom. The molecule has 0 amide bonds. The largest absolute Gasteiger partial charge is 0.508 e. The van der Waals surface area contributed by atoms with E-state index in [4.69, 9.17) is 5.73 Å². The first-order chi connectivity index (χ1) is 16.2. The molecule has 1 unspecified atom stereocenters. The highest BCUT2D eigenvalue weighted by molar-refractivity contribution is 5.83.